The molecular weight excluding hydrogens is 308 g/mol. The van der Waals surface area contributed by atoms with Gasteiger partial charge < -0.3 is 5.32 Å². The first-order valence-electron chi connectivity index (χ1n) is 6.95. The van der Waals surface area contributed by atoms with Crippen LogP contribution >= 0.6 is 11.3 Å². The van der Waals surface area contributed by atoms with E-state index in [1.54, 1.807) is 11.3 Å². The fourth-order valence-corrected chi connectivity index (χ4v) is 4.66. The molecule has 0 bridgehead atoms. The fourth-order valence-electron chi connectivity index (χ4n) is 2.60. The molecule has 0 atom stereocenters. The maximum atomic E-state index is 11.8. The van der Waals surface area contributed by atoms with Crippen molar-refractivity contribution in [3.8, 4) is 0 Å². The molecule has 114 valence electrons. The summed E-state index contributed by atoms with van der Waals surface area (Å²) >= 11 is 1.64. The van der Waals surface area contributed by atoms with Gasteiger partial charge >= 0.3 is 0 Å². The standard InChI is InChI=1S/C13H18N4O2S2/c1-2-9-6-10-11(16-8-17-12(10)20-9)15-7-13(4-3-5-13)21(14,18)19/h6,8H,2-5,7H2,1H3,(H2,14,18,19)(H,15,16,17). The Balaban J connectivity index is 1.87. The summed E-state index contributed by atoms with van der Waals surface area (Å²) < 4.78 is 22.7. The molecule has 2 heterocycles. The lowest BCUT2D eigenvalue weighted by molar-refractivity contribution is 0.351. The molecule has 0 unspecified atom stereocenters. The first kappa shape index (κ1) is 14.7. The Morgan fingerprint density at radius 1 is 1.43 bits per heavy atom. The van der Waals surface area contributed by atoms with Gasteiger partial charge in [-0.2, -0.15) is 0 Å². The number of aromatic nitrogens is 2. The van der Waals surface area contributed by atoms with Crippen molar-refractivity contribution >= 4 is 37.4 Å². The average molecular weight is 326 g/mol. The van der Waals surface area contributed by atoms with Crippen molar-refractivity contribution in [1.82, 2.24) is 9.97 Å². The molecule has 1 aliphatic carbocycles. The van der Waals surface area contributed by atoms with Crippen LogP contribution in [0.25, 0.3) is 10.2 Å². The number of aryl methyl sites for hydroxylation is 1. The molecule has 1 aliphatic rings. The first-order valence-corrected chi connectivity index (χ1v) is 9.31. The summed E-state index contributed by atoms with van der Waals surface area (Å²) in [5.74, 6) is 0.686. The maximum Gasteiger partial charge on any atom is 0.216 e. The van der Waals surface area contributed by atoms with Gasteiger partial charge in [-0.3, -0.25) is 0 Å². The highest BCUT2D eigenvalue weighted by molar-refractivity contribution is 7.90. The predicted molar refractivity (Wildman–Crippen MR) is 85.0 cm³/mol. The lowest BCUT2D eigenvalue weighted by Crippen LogP contribution is -2.53. The second kappa shape index (κ2) is 5.19. The molecule has 8 heteroatoms. The molecule has 0 saturated heterocycles. The number of sulfonamides is 1. The van der Waals surface area contributed by atoms with Crippen molar-refractivity contribution < 1.29 is 8.42 Å². The van der Waals surface area contributed by atoms with E-state index in [0.717, 1.165) is 23.1 Å². The van der Waals surface area contributed by atoms with Gasteiger partial charge in [0, 0.05) is 11.4 Å². The third kappa shape index (κ3) is 2.51. The van der Waals surface area contributed by atoms with Crippen LogP contribution in [0.4, 0.5) is 5.82 Å². The number of nitrogens with zero attached hydrogens (tertiary/aromatic N) is 2. The normalized spacial score (nSPS) is 17.6. The largest absolute Gasteiger partial charge is 0.368 e. The van der Waals surface area contributed by atoms with Gasteiger partial charge in [0.15, 0.2) is 0 Å². The van der Waals surface area contributed by atoms with Gasteiger partial charge in [0.1, 0.15) is 21.7 Å². The number of primary sulfonamides is 1. The maximum absolute atomic E-state index is 11.8. The number of thiophene rings is 1. The van der Waals surface area contributed by atoms with Crippen LogP contribution in [0, 0.1) is 0 Å². The molecule has 2 aromatic rings. The van der Waals surface area contributed by atoms with Gasteiger partial charge in [-0.25, -0.2) is 23.5 Å². The molecule has 0 radical (unpaired) electrons. The minimum Gasteiger partial charge on any atom is -0.368 e. The van der Waals surface area contributed by atoms with Crippen molar-refractivity contribution in [2.75, 3.05) is 11.9 Å². The van der Waals surface area contributed by atoms with Gasteiger partial charge in [0.2, 0.25) is 10.0 Å². The highest BCUT2D eigenvalue weighted by Crippen LogP contribution is 2.38. The van der Waals surface area contributed by atoms with E-state index >= 15 is 0 Å². The number of anilines is 1. The summed E-state index contributed by atoms with van der Waals surface area (Å²) in [6, 6.07) is 2.06. The highest BCUT2D eigenvalue weighted by atomic mass is 32.2. The van der Waals surface area contributed by atoms with E-state index in [-0.39, 0.29) is 0 Å². The second-order valence-electron chi connectivity index (χ2n) is 5.44. The minimum absolute atomic E-state index is 0.301. The summed E-state index contributed by atoms with van der Waals surface area (Å²) in [5.41, 5.74) is 0. The number of hydrogen-bond donors (Lipinski definition) is 2. The van der Waals surface area contributed by atoms with E-state index in [1.165, 1.54) is 11.2 Å². The van der Waals surface area contributed by atoms with Crippen molar-refractivity contribution in [3.05, 3.63) is 17.3 Å². The van der Waals surface area contributed by atoms with E-state index in [2.05, 4.69) is 28.3 Å². The van der Waals surface area contributed by atoms with Crippen molar-refractivity contribution in [2.24, 2.45) is 5.14 Å². The highest BCUT2D eigenvalue weighted by Gasteiger charge is 2.47. The Labute approximate surface area is 127 Å². The van der Waals surface area contributed by atoms with Crippen molar-refractivity contribution in [2.45, 2.75) is 37.4 Å². The molecule has 1 saturated carbocycles. The lowest BCUT2D eigenvalue weighted by Gasteiger charge is -2.39. The zero-order valence-electron chi connectivity index (χ0n) is 11.8. The van der Waals surface area contributed by atoms with Crippen LogP contribution in [0.1, 0.15) is 31.1 Å². The van der Waals surface area contributed by atoms with Crippen molar-refractivity contribution in [3.63, 3.8) is 0 Å². The summed E-state index contributed by atoms with van der Waals surface area (Å²) in [6.45, 7) is 2.39. The molecule has 0 aliphatic heterocycles. The van der Waals surface area contributed by atoms with Gasteiger partial charge in [-0.1, -0.05) is 13.3 Å². The molecule has 1 fully saturated rings. The smallest absolute Gasteiger partial charge is 0.216 e. The molecule has 0 aromatic carbocycles. The Morgan fingerprint density at radius 2 is 2.19 bits per heavy atom. The third-order valence-corrected chi connectivity index (χ3v) is 7.12. The first-order chi connectivity index (χ1) is 9.95. The summed E-state index contributed by atoms with van der Waals surface area (Å²) in [7, 11) is -3.55. The van der Waals surface area contributed by atoms with Crippen LogP contribution in [0.3, 0.4) is 0 Å². The quantitative estimate of drug-likeness (QED) is 0.874. The summed E-state index contributed by atoms with van der Waals surface area (Å²) in [4.78, 5) is 10.7. The van der Waals surface area contributed by atoms with Crippen LogP contribution in [0.15, 0.2) is 12.4 Å². The van der Waals surface area contributed by atoms with E-state index in [9.17, 15) is 8.42 Å². The SMILES string of the molecule is CCc1cc2c(NCC3(S(N)(=O)=O)CCC3)ncnc2s1. The van der Waals surface area contributed by atoms with Gasteiger partial charge in [-0.15, -0.1) is 11.3 Å². The lowest BCUT2D eigenvalue weighted by atomic mass is 9.84. The number of fused-ring (bicyclic) bond motifs is 1. The van der Waals surface area contributed by atoms with Gasteiger partial charge in [-0.05, 0) is 25.3 Å². The summed E-state index contributed by atoms with van der Waals surface area (Å²) in [6.07, 6.45) is 4.57. The minimum atomic E-state index is -3.55. The monoisotopic (exact) mass is 326 g/mol. The second-order valence-corrected chi connectivity index (χ2v) is 8.51. The van der Waals surface area contributed by atoms with Crippen LogP contribution in [0.5, 0.6) is 0 Å². The average Bonchev–Trinajstić information content (AvgIpc) is 2.79. The Bertz CT molecular complexity index is 766. The molecule has 0 amide bonds. The van der Waals surface area contributed by atoms with Crippen molar-refractivity contribution in [1.29, 1.82) is 0 Å². The molecule has 6 nitrogen and oxygen atoms in total. The van der Waals surface area contributed by atoms with Crippen LogP contribution < -0.4 is 10.5 Å². The zero-order chi connectivity index (χ0) is 15.1. The molecule has 21 heavy (non-hydrogen) atoms. The Morgan fingerprint density at radius 3 is 2.76 bits per heavy atom. The van der Waals surface area contributed by atoms with E-state index < -0.39 is 14.8 Å². The molecule has 3 rings (SSSR count). The number of rotatable bonds is 5. The molecule has 0 spiro atoms. The van der Waals surface area contributed by atoms with E-state index in [0.29, 0.717) is 25.2 Å². The van der Waals surface area contributed by atoms with Crippen LogP contribution in [-0.2, 0) is 16.4 Å². The number of nitrogens with two attached hydrogens (primary N) is 1. The number of hydrogen-bond acceptors (Lipinski definition) is 6. The fraction of sp³-hybridized carbons (Fsp3) is 0.538. The van der Waals surface area contributed by atoms with Crippen LogP contribution in [0.2, 0.25) is 0 Å². The molecule has 3 N–H and O–H groups in total. The molecule has 2 aromatic heterocycles. The third-order valence-electron chi connectivity index (χ3n) is 4.18. The van der Waals surface area contributed by atoms with E-state index in [4.69, 9.17) is 5.14 Å². The zero-order valence-corrected chi connectivity index (χ0v) is 13.4. The van der Waals surface area contributed by atoms with Gasteiger partial charge in [0.25, 0.3) is 0 Å². The van der Waals surface area contributed by atoms with Gasteiger partial charge in [0.05, 0.1) is 5.39 Å². The van der Waals surface area contributed by atoms with E-state index in [1.807, 2.05) is 0 Å². The topological polar surface area (TPSA) is 98.0 Å². The number of nitrogens with one attached hydrogen (secondary N) is 1. The Kier molecular flexibility index (Phi) is 3.62. The Hall–Kier alpha value is -1.25. The molecular formula is C13H18N4O2S2. The van der Waals surface area contributed by atoms with Crippen LogP contribution in [-0.4, -0.2) is 29.7 Å². The summed E-state index contributed by atoms with van der Waals surface area (Å²) in [5, 5.41) is 9.50. The predicted octanol–water partition coefficient (Wildman–Crippen LogP) is 1.88.